The van der Waals surface area contributed by atoms with Crippen LogP contribution in [-0.4, -0.2) is 53.4 Å². The van der Waals surface area contributed by atoms with Crippen molar-refractivity contribution in [2.24, 2.45) is 5.92 Å². The number of piperidine rings is 1. The number of thioether (sulfide) groups is 1. The van der Waals surface area contributed by atoms with Crippen LogP contribution in [0.5, 0.6) is 0 Å². The van der Waals surface area contributed by atoms with Crippen LogP contribution in [0.2, 0.25) is 0 Å². The molecule has 0 spiro atoms. The monoisotopic (exact) mass is 318 g/mol. The molecule has 0 N–H and O–H groups in total. The molecule has 0 aromatic heterocycles. The summed E-state index contributed by atoms with van der Waals surface area (Å²) in [4.78, 5) is 17.2. The lowest BCUT2D eigenvalue weighted by atomic mass is 9.96. The molecule has 2 fully saturated rings. The van der Waals surface area contributed by atoms with E-state index in [1.807, 2.05) is 11.8 Å². The molecular formula is C18H26N2OS. The number of benzene rings is 1. The molecule has 2 aliphatic heterocycles. The molecule has 1 aromatic rings. The molecule has 2 heterocycles. The number of carbonyl (C=O) groups excluding carboxylic acids is 1. The number of hydrogen-bond acceptors (Lipinski definition) is 3. The highest BCUT2D eigenvalue weighted by molar-refractivity contribution is 7.99. The Bertz CT molecular complexity index is 514. The lowest BCUT2D eigenvalue weighted by Crippen LogP contribution is -2.47. The fourth-order valence-electron chi connectivity index (χ4n) is 3.51. The highest BCUT2D eigenvalue weighted by Gasteiger charge is 2.29. The van der Waals surface area contributed by atoms with Gasteiger partial charge in [0.05, 0.1) is 5.92 Å². The van der Waals surface area contributed by atoms with Gasteiger partial charge in [-0.05, 0) is 31.9 Å². The van der Waals surface area contributed by atoms with Gasteiger partial charge < -0.3 is 4.90 Å². The van der Waals surface area contributed by atoms with Gasteiger partial charge in [-0.25, -0.2) is 0 Å². The van der Waals surface area contributed by atoms with Gasteiger partial charge in [0.25, 0.3) is 0 Å². The molecule has 0 bridgehead atoms. The first-order chi connectivity index (χ1) is 10.7. The minimum Gasteiger partial charge on any atom is -0.341 e. The second-order valence-electron chi connectivity index (χ2n) is 6.50. The van der Waals surface area contributed by atoms with Crippen molar-refractivity contribution in [3.63, 3.8) is 0 Å². The van der Waals surface area contributed by atoms with Crippen LogP contribution >= 0.6 is 11.8 Å². The smallest absolute Gasteiger partial charge is 0.227 e. The molecule has 4 heteroatoms. The van der Waals surface area contributed by atoms with E-state index < -0.39 is 0 Å². The zero-order valence-corrected chi connectivity index (χ0v) is 14.3. The van der Waals surface area contributed by atoms with E-state index in [-0.39, 0.29) is 5.92 Å². The van der Waals surface area contributed by atoms with Crippen molar-refractivity contribution in [1.29, 1.82) is 0 Å². The van der Waals surface area contributed by atoms with Gasteiger partial charge in [-0.1, -0.05) is 29.8 Å². The third-order valence-corrected chi connectivity index (χ3v) is 5.61. The van der Waals surface area contributed by atoms with Gasteiger partial charge in [-0.3, -0.25) is 9.69 Å². The zero-order chi connectivity index (χ0) is 15.4. The van der Waals surface area contributed by atoms with Crippen LogP contribution in [0.15, 0.2) is 24.3 Å². The predicted octanol–water partition coefficient (Wildman–Crippen LogP) is 2.78. The van der Waals surface area contributed by atoms with Gasteiger partial charge in [-0.15, -0.1) is 0 Å². The van der Waals surface area contributed by atoms with Crippen LogP contribution in [0.4, 0.5) is 0 Å². The van der Waals surface area contributed by atoms with Crippen molar-refractivity contribution in [1.82, 2.24) is 9.80 Å². The van der Waals surface area contributed by atoms with Crippen molar-refractivity contribution in [2.75, 3.05) is 37.7 Å². The van der Waals surface area contributed by atoms with Crippen LogP contribution < -0.4 is 0 Å². The Morgan fingerprint density at radius 1 is 1.27 bits per heavy atom. The zero-order valence-electron chi connectivity index (χ0n) is 13.5. The fourth-order valence-corrected chi connectivity index (χ4v) is 4.41. The molecule has 2 aliphatic rings. The third-order valence-electron chi connectivity index (χ3n) is 4.67. The Hall–Kier alpha value is -1.00. The Morgan fingerprint density at radius 3 is 2.86 bits per heavy atom. The van der Waals surface area contributed by atoms with Crippen molar-refractivity contribution >= 4 is 17.7 Å². The number of rotatable bonds is 3. The molecule has 0 saturated carbocycles. The molecule has 1 unspecified atom stereocenters. The molecule has 3 nitrogen and oxygen atoms in total. The summed E-state index contributed by atoms with van der Waals surface area (Å²) in [5.74, 6) is 2.81. The Kier molecular flexibility index (Phi) is 5.42. The van der Waals surface area contributed by atoms with Crippen LogP contribution in [0.1, 0.15) is 24.0 Å². The number of carbonyl (C=O) groups is 1. The van der Waals surface area contributed by atoms with E-state index in [4.69, 9.17) is 0 Å². The topological polar surface area (TPSA) is 23.6 Å². The Labute approximate surface area is 138 Å². The van der Waals surface area contributed by atoms with E-state index in [0.717, 1.165) is 57.1 Å². The van der Waals surface area contributed by atoms with Crippen molar-refractivity contribution in [2.45, 2.75) is 26.3 Å². The van der Waals surface area contributed by atoms with Crippen molar-refractivity contribution < 1.29 is 4.79 Å². The lowest BCUT2D eigenvalue weighted by Gasteiger charge is -2.36. The summed E-state index contributed by atoms with van der Waals surface area (Å²) in [5, 5.41) is 0. The number of nitrogens with zero attached hydrogens (tertiary/aromatic N) is 2. The third kappa shape index (κ3) is 4.05. The molecule has 1 amide bonds. The van der Waals surface area contributed by atoms with E-state index in [1.165, 1.54) is 11.1 Å². The van der Waals surface area contributed by atoms with E-state index in [2.05, 4.69) is 41.0 Å². The molecule has 0 radical (unpaired) electrons. The summed E-state index contributed by atoms with van der Waals surface area (Å²) in [5.41, 5.74) is 2.68. The van der Waals surface area contributed by atoms with E-state index in [9.17, 15) is 4.79 Å². The maximum Gasteiger partial charge on any atom is 0.227 e. The van der Waals surface area contributed by atoms with E-state index in [0.29, 0.717) is 5.91 Å². The lowest BCUT2D eigenvalue weighted by molar-refractivity contribution is -0.137. The average molecular weight is 318 g/mol. The molecule has 0 aliphatic carbocycles. The van der Waals surface area contributed by atoms with E-state index >= 15 is 0 Å². The number of likely N-dealkylation sites (tertiary alicyclic amines) is 1. The van der Waals surface area contributed by atoms with Crippen LogP contribution in [0.3, 0.4) is 0 Å². The summed E-state index contributed by atoms with van der Waals surface area (Å²) in [6.07, 6.45) is 2.21. The van der Waals surface area contributed by atoms with Gasteiger partial charge in [0, 0.05) is 37.7 Å². The van der Waals surface area contributed by atoms with Gasteiger partial charge in [0.1, 0.15) is 0 Å². The maximum atomic E-state index is 12.7. The van der Waals surface area contributed by atoms with Crippen LogP contribution in [0, 0.1) is 12.8 Å². The molecule has 1 aromatic carbocycles. The molecule has 22 heavy (non-hydrogen) atoms. The molecule has 2 saturated heterocycles. The second kappa shape index (κ2) is 7.51. The van der Waals surface area contributed by atoms with Gasteiger partial charge in [0.15, 0.2) is 0 Å². The standard InChI is InChI=1S/C18H26N2OS/c1-15-4-2-5-16(12-15)13-19-7-3-6-17(14-19)18(21)20-8-10-22-11-9-20/h2,4-5,12,17H,3,6-11,13-14H2,1H3. The van der Waals surface area contributed by atoms with Gasteiger partial charge >= 0.3 is 0 Å². The summed E-state index contributed by atoms with van der Waals surface area (Å²) in [6, 6.07) is 8.72. The second-order valence-corrected chi connectivity index (χ2v) is 7.73. The Balaban J connectivity index is 1.57. The summed E-state index contributed by atoms with van der Waals surface area (Å²) >= 11 is 1.96. The highest BCUT2D eigenvalue weighted by atomic mass is 32.2. The minimum atomic E-state index is 0.210. The Morgan fingerprint density at radius 2 is 2.09 bits per heavy atom. The minimum absolute atomic E-state index is 0.210. The highest BCUT2D eigenvalue weighted by Crippen LogP contribution is 2.22. The summed E-state index contributed by atoms with van der Waals surface area (Å²) in [6.45, 7) is 7.04. The maximum absolute atomic E-state index is 12.7. The average Bonchev–Trinajstić information content (AvgIpc) is 2.55. The summed E-state index contributed by atoms with van der Waals surface area (Å²) < 4.78 is 0. The van der Waals surface area contributed by atoms with E-state index in [1.54, 1.807) is 0 Å². The first-order valence-electron chi connectivity index (χ1n) is 8.37. The SMILES string of the molecule is Cc1cccc(CN2CCCC(C(=O)N3CCSCC3)C2)c1. The quantitative estimate of drug-likeness (QED) is 0.856. The van der Waals surface area contributed by atoms with Crippen LogP contribution in [-0.2, 0) is 11.3 Å². The first kappa shape index (κ1) is 15.9. The predicted molar refractivity (Wildman–Crippen MR) is 93.1 cm³/mol. The number of hydrogen-bond donors (Lipinski definition) is 0. The van der Waals surface area contributed by atoms with Crippen molar-refractivity contribution in [3.8, 4) is 0 Å². The first-order valence-corrected chi connectivity index (χ1v) is 9.52. The van der Waals surface area contributed by atoms with Gasteiger partial charge in [-0.2, -0.15) is 11.8 Å². The summed E-state index contributed by atoms with van der Waals surface area (Å²) in [7, 11) is 0. The van der Waals surface area contributed by atoms with Crippen molar-refractivity contribution in [3.05, 3.63) is 35.4 Å². The number of aryl methyl sites for hydroxylation is 1. The largest absolute Gasteiger partial charge is 0.341 e. The fraction of sp³-hybridized carbons (Fsp3) is 0.611. The number of amides is 1. The normalized spacial score (nSPS) is 23.5. The molecule has 120 valence electrons. The van der Waals surface area contributed by atoms with Gasteiger partial charge in [0.2, 0.25) is 5.91 Å². The van der Waals surface area contributed by atoms with Crippen LogP contribution in [0.25, 0.3) is 0 Å². The molecule has 3 rings (SSSR count). The molecule has 1 atom stereocenters. The molecular weight excluding hydrogens is 292 g/mol.